The van der Waals surface area contributed by atoms with Crippen LogP contribution in [0.4, 0.5) is 13.6 Å². The first-order valence-electron chi connectivity index (χ1n) is 15.2. The number of methoxy groups -OCH3 is 1. The molecule has 1 aliphatic rings. The average Bonchev–Trinajstić information content (AvgIpc) is 3.38. The average molecular weight is 670 g/mol. The van der Waals surface area contributed by atoms with E-state index in [0.29, 0.717) is 31.4 Å². The number of hydrogen-bond acceptors (Lipinski definition) is 6. The first-order chi connectivity index (χ1) is 21.8. The maximum Gasteiger partial charge on any atom is 0.410 e. The van der Waals surface area contributed by atoms with Gasteiger partial charge in [0.05, 0.1) is 22.2 Å². The molecule has 2 aromatic carbocycles. The van der Waals surface area contributed by atoms with Gasteiger partial charge in [-0.15, -0.1) is 11.3 Å². The van der Waals surface area contributed by atoms with Crippen molar-refractivity contribution in [2.24, 2.45) is 0 Å². The summed E-state index contributed by atoms with van der Waals surface area (Å²) < 4.78 is 40.8. The third-order valence-electron chi connectivity index (χ3n) is 8.32. The number of halogens is 3. The van der Waals surface area contributed by atoms with Gasteiger partial charge in [-0.05, 0) is 101 Å². The number of aromatic nitrogens is 1. The number of nitrogens with zero attached hydrogens (tertiary/aromatic N) is 3. The highest BCUT2D eigenvalue weighted by Gasteiger charge is 2.35. The fourth-order valence-corrected chi connectivity index (χ4v) is 7.47. The minimum atomic E-state index is -0.684. The minimum Gasteiger partial charge on any atom is -0.496 e. The Labute approximate surface area is 277 Å². The number of fused-ring (bicyclic) bond motifs is 1. The first-order valence-corrected chi connectivity index (χ1v) is 16.4. The highest BCUT2D eigenvalue weighted by Crippen LogP contribution is 2.41. The van der Waals surface area contributed by atoms with E-state index in [1.54, 1.807) is 30.2 Å². The van der Waals surface area contributed by atoms with Crippen molar-refractivity contribution >= 4 is 45.0 Å². The zero-order chi connectivity index (χ0) is 33.3. The number of thiophene rings is 1. The van der Waals surface area contributed by atoms with Crippen molar-refractivity contribution in [1.29, 1.82) is 0 Å². The van der Waals surface area contributed by atoms with Crippen molar-refractivity contribution < 1.29 is 27.8 Å². The van der Waals surface area contributed by atoms with E-state index >= 15 is 0 Å². The van der Waals surface area contributed by atoms with Crippen LogP contribution in [0.3, 0.4) is 0 Å². The van der Waals surface area contributed by atoms with Crippen LogP contribution in [0.2, 0.25) is 5.02 Å². The van der Waals surface area contributed by atoms with Gasteiger partial charge < -0.3 is 19.3 Å². The van der Waals surface area contributed by atoms with Gasteiger partial charge in [-0.1, -0.05) is 17.7 Å². The van der Waals surface area contributed by atoms with Gasteiger partial charge in [0.2, 0.25) is 0 Å². The fourth-order valence-electron chi connectivity index (χ4n) is 5.96. The molecular weight excluding hydrogens is 632 g/mol. The summed E-state index contributed by atoms with van der Waals surface area (Å²) in [4.78, 5) is 34.9. The van der Waals surface area contributed by atoms with Gasteiger partial charge in [-0.25, -0.2) is 13.6 Å². The van der Waals surface area contributed by atoms with Crippen molar-refractivity contribution in [1.82, 2.24) is 14.8 Å². The number of amides is 2. The van der Waals surface area contributed by atoms with E-state index < -0.39 is 29.2 Å². The molecule has 1 saturated carbocycles. The minimum absolute atomic E-state index is 0.00336. The Kier molecular flexibility index (Phi) is 9.89. The van der Waals surface area contributed by atoms with Crippen LogP contribution in [0.25, 0.3) is 21.2 Å². The molecule has 2 heterocycles. The summed E-state index contributed by atoms with van der Waals surface area (Å²) in [6.07, 6.45) is 3.83. The molecule has 46 heavy (non-hydrogen) atoms. The molecule has 0 aliphatic heterocycles. The van der Waals surface area contributed by atoms with Gasteiger partial charge in [0.15, 0.2) is 0 Å². The Bertz CT molecular complexity index is 1760. The van der Waals surface area contributed by atoms with Gasteiger partial charge in [0.1, 0.15) is 27.9 Å². The molecule has 5 rings (SSSR count). The van der Waals surface area contributed by atoms with Crippen LogP contribution < -0.4 is 4.74 Å². The summed E-state index contributed by atoms with van der Waals surface area (Å²) in [7, 11) is 3.31. The molecule has 0 radical (unpaired) electrons. The molecule has 7 nitrogen and oxygen atoms in total. The fraction of sp³-hybridized carbons (Fsp3) is 0.400. The predicted octanol–water partition coefficient (Wildman–Crippen LogP) is 9.03. The van der Waals surface area contributed by atoms with Crippen molar-refractivity contribution in [3.8, 4) is 16.9 Å². The van der Waals surface area contributed by atoms with E-state index in [-0.39, 0.29) is 38.6 Å². The lowest BCUT2D eigenvalue weighted by Gasteiger charge is -2.40. The molecular formula is C35H38ClF2N3O4S. The second-order valence-electron chi connectivity index (χ2n) is 12.7. The van der Waals surface area contributed by atoms with Gasteiger partial charge in [-0.3, -0.25) is 9.78 Å². The summed E-state index contributed by atoms with van der Waals surface area (Å²) in [6.45, 7) is 7.58. The van der Waals surface area contributed by atoms with E-state index in [1.165, 1.54) is 0 Å². The van der Waals surface area contributed by atoms with Crippen molar-refractivity contribution in [3.63, 3.8) is 0 Å². The largest absolute Gasteiger partial charge is 0.496 e. The Morgan fingerprint density at radius 1 is 1.00 bits per heavy atom. The van der Waals surface area contributed by atoms with E-state index in [9.17, 15) is 18.4 Å². The molecule has 2 aromatic heterocycles. The summed E-state index contributed by atoms with van der Waals surface area (Å²) in [5, 5.41) is -0.191. The second-order valence-corrected chi connectivity index (χ2v) is 14.1. The van der Waals surface area contributed by atoms with E-state index in [1.807, 2.05) is 58.0 Å². The molecule has 244 valence electrons. The Morgan fingerprint density at radius 3 is 2.28 bits per heavy atom. The number of ether oxygens (including phenoxy) is 2. The van der Waals surface area contributed by atoms with E-state index in [2.05, 4.69) is 4.98 Å². The molecule has 11 heteroatoms. The van der Waals surface area contributed by atoms with Gasteiger partial charge >= 0.3 is 6.09 Å². The van der Waals surface area contributed by atoms with Crippen LogP contribution in [0.1, 0.15) is 67.4 Å². The quantitative estimate of drug-likeness (QED) is 0.196. The van der Waals surface area contributed by atoms with Crippen LogP contribution >= 0.6 is 22.9 Å². The smallest absolute Gasteiger partial charge is 0.410 e. The molecule has 0 N–H and O–H groups in total. The third kappa shape index (κ3) is 7.13. The van der Waals surface area contributed by atoms with Crippen molar-refractivity contribution in [2.75, 3.05) is 14.2 Å². The maximum atomic E-state index is 14.8. The lowest BCUT2D eigenvalue weighted by Crippen LogP contribution is -2.47. The zero-order valence-electron chi connectivity index (χ0n) is 26.8. The standard InChI is InChI=1S/C35H38ClF2N3O4S/c1-20-17-22(15-16-39-20)21-7-14-28(44-6)23(18-21)19-41(25-10-8-24(9-11-25)40(5)34(43)45-35(2,3)4)33(42)32-30(36)29-26(37)12-13-27(38)31(29)46-32/h7,12-18,24-25H,8-11,19H2,1-6H3. The molecule has 2 amide bonds. The van der Waals surface area contributed by atoms with Crippen molar-refractivity contribution in [3.05, 3.63) is 81.5 Å². The monoisotopic (exact) mass is 669 g/mol. The Balaban J connectivity index is 1.50. The van der Waals surface area contributed by atoms with Gasteiger partial charge in [-0.2, -0.15) is 0 Å². The molecule has 0 spiro atoms. The van der Waals surface area contributed by atoms with Gasteiger partial charge in [0.25, 0.3) is 5.91 Å². The number of carbonyl (C=O) groups excluding carboxylic acids is 2. The molecule has 1 fully saturated rings. The summed E-state index contributed by atoms with van der Waals surface area (Å²) >= 11 is 7.47. The summed E-state index contributed by atoms with van der Waals surface area (Å²) in [6, 6.07) is 11.5. The highest BCUT2D eigenvalue weighted by atomic mass is 35.5. The van der Waals surface area contributed by atoms with Crippen molar-refractivity contribution in [2.45, 2.75) is 77.6 Å². The number of rotatable bonds is 7. The molecule has 0 atom stereocenters. The number of pyridine rings is 1. The van der Waals surface area contributed by atoms with E-state index in [4.69, 9.17) is 21.1 Å². The number of hydrogen-bond donors (Lipinski definition) is 0. The van der Waals surface area contributed by atoms with Gasteiger partial charge in [0, 0.05) is 43.1 Å². The maximum absolute atomic E-state index is 14.8. The summed E-state index contributed by atoms with van der Waals surface area (Å²) in [5.74, 6) is -1.14. The number of carbonyl (C=O) groups is 2. The molecule has 0 bridgehead atoms. The molecule has 0 unspecified atom stereocenters. The van der Waals surface area contributed by atoms with Crippen LogP contribution in [-0.4, -0.2) is 58.6 Å². The Morgan fingerprint density at radius 2 is 1.65 bits per heavy atom. The first kappa shape index (κ1) is 33.6. The summed E-state index contributed by atoms with van der Waals surface area (Å²) in [5.41, 5.74) is 2.93. The normalized spacial score (nSPS) is 16.7. The molecule has 1 aliphatic carbocycles. The van der Waals surface area contributed by atoms with E-state index in [0.717, 1.165) is 45.9 Å². The lowest BCUT2D eigenvalue weighted by atomic mass is 9.89. The third-order valence-corrected chi connectivity index (χ3v) is 10.0. The van der Waals surface area contributed by atoms with Crippen LogP contribution in [-0.2, 0) is 11.3 Å². The number of aryl methyl sites for hydroxylation is 1. The molecule has 0 saturated heterocycles. The number of benzene rings is 2. The van der Waals surface area contributed by atoms with Crippen LogP contribution in [0.15, 0.2) is 48.7 Å². The second kappa shape index (κ2) is 13.5. The lowest BCUT2D eigenvalue weighted by molar-refractivity contribution is 0.0144. The van der Waals surface area contributed by atoms with Crippen LogP contribution in [0, 0.1) is 18.6 Å². The molecule has 4 aromatic rings. The topological polar surface area (TPSA) is 72.0 Å². The SMILES string of the molecule is COc1ccc(-c2ccnc(C)c2)cc1CN(C(=O)c1sc2c(F)ccc(F)c2c1Cl)C1CCC(N(C)C(=O)OC(C)(C)C)CC1. The Hall–Kier alpha value is -3.76. The highest BCUT2D eigenvalue weighted by molar-refractivity contribution is 7.21. The van der Waals surface area contributed by atoms with Crippen LogP contribution in [0.5, 0.6) is 5.75 Å². The zero-order valence-corrected chi connectivity index (χ0v) is 28.4. The predicted molar refractivity (Wildman–Crippen MR) is 178 cm³/mol.